The fourth-order valence-electron chi connectivity index (χ4n) is 1.46. The molecule has 0 bridgehead atoms. The number of hydrogen-bond donors (Lipinski definition) is 1. The Morgan fingerprint density at radius 2 is 2.31 bits per heavy atom. The topological polar surface area (TPSA) is 78.3 Å². The van der Waals surface area contributed by atoms with E-state index in [-0.39, 0.29) is 6.10 Å². The lowest BCUT2D eigenvalue weighted by atomic mass is 10.3. The average Bonchev–Trinajstić information content (AvgIpc) is 2.84. The van der Waals surface area contributed by atoms with Gasteiger partial charge in [0, 0.05) is 26.5 Å². The van der Waals surface area contributed by atoms with Crippen molar-refractivity contribution in [3.8, 4) is 0 Å². The molecule has 1 unspecified atom stereocenters. The van der Waals surface area contributed by atoms with Crippen LogP contribution in [0.3, 0.4) is 0 Å². The second kappa shape index (κ2) is 4.86. The van der Waals surface area contributed by atoms with Gasteiger partial charge in [-0.2, -0.15) is 9.61 Å². The zero-order chi connectivity index (χ0) is 11.5. The molecule has 7 heteroatoms. The first-order chi connectivity index (χ1) is 7.78. The molecule has 88 valence electrons. The van der Waals surface area contributed by atoms with Gasteiger partial charge in [0.15, 0.2) is 5.82 Å². The molecule has 2 aromatic rings. The zero-order valence-electron chi connectivity index (χ0n) is 9.38. The first-order valence-corrected chi connectivity index (χ1v) is 6.03. The molecule has 0 radical (unpaired) electrons. The maximum atomic E-state index is 5.57. The summed E-state index contributed by atoms with van der Waals surface area (Å²) in [6.07, 6.45) is 1.58. The van der Waals surface area contributed by atoms with E-state index in [4.69, 9.17) is 10.5 Å². The van der Waals surface area contributed by atoms with Crippen molar-refractivity contribution >= 4 is 16.3 Å². The lowest BCUT2D eigenvalue weighted by molar-refractivity contribution is 0.110. The Hall–Kier alpha value is -1.05. The zero-order valence-corrected chi connectivity index (χ0v) is 10.2. The second-order valence-electron chi connectivity index (χ2n) is 3.46. The van der Waals surface area contributed by atoms with Crippen molar-refractivity contribution in [2.75, 3.05) is 13.7 Å². The van der Waals surface area contributed by atoms with Crippen molar-refractivity contribution in [2.24, 2.45) is 5.73 Å². The summed E-state index contributed by atoms with van der Waals surface area (Å²) in [4.78, 5) is 0.832. The molecular formula is C9H15N5OS. The Kier molecular flexibility index (Phi) is 3.47. The van der Waals surface area contributed by atoms with Crippen LogP contribution < -0.4 is 5.73 Å². The van der Waals surface area contributed by atoms with E-state index in [2.05, 4.69) is 15.3 Å². The van der Waals surface area contributed by atoms with Crippen molar-refractivity contribution in [1.29, 1.82) is 0 Å². The van der Waals surface area contributed by atoms with Gasteiger partial charge in [-0.3, -0.25) is 0 Å². The van der Waals surface area contributed by atoms with Gasteiger partial charge in [0.2, 0.25) is 4.96 Å². The Labute approximate surface area is 97.4 Å². The van der Waals surface area contributed by atoms with Gasteiger partial charge < -0.3 is 10.5 Å². The summed E-state index contributed by atoms with van der Waals surface area (Å²) in [6.45, 7) is 2.53. The van der Waals surface area contributed by atoms with Crippen molar-refractivity contribution in [3.05, 3.63) is 10.8 Å². The van der Waals surface area contributed by atoms with Gasteiger partial charge in [-0.05, 0) is 0 Å². The van der Waals surface area contributed by atoms with E-state index in [1.165, 1.54) is 11.3 Å². The standard InChI is InChI=1S/C9H15N5OS/c1-3-7-11-12-9-14(7)13-8(16-9)4-6(5-10)15-2/h6H,3-5,10H2,1-2H3. The van der Waals surface area contributed by atoms with E-state index < -0.39 is 0 Å². The summed E-state index contributed by atoms with van der Waals surface area (Å²) in [5.41, 5.74) is 5.57. The van der Waals surface area contributed by atoms with E-state index in [1.54, 1.807) is 11.6 Å². The largest absolute Gasteiger partial charge is 0.380 e. The molecule has 0 aliphatic rings. The Morgan fingerprint density at radius 3 is 2.94 bits per heavy atom. The fourth-order valence-corrected chi connectivity index (χ4v) is 2.37. The number of methoxy groups -OCH3 is 1. The summed E-state index contributed by atoms with van der Waals surface area (Å²) < 4.78 is 7.02. The fraction of sp³-hybridized carbons (Fsp3) is 0.667. The average molecular weight is 241 g/mol. The van der Waals surface area contributed by atoms with E-state index in [0.29, 0.717) is 6.54 Å². The molecule has 16 heavy (non-hydrogen) atoms. The maximum Gasteiger partial charge on any atom is 0.234 e. The highest BCUT2D eigenvalue weighted by Crippen LogP contribution is 2.16. The number of fused-ring (bicyclic) bond motifs is 1. The van der Waals surface area contributed by atoms with Crippen molar-refractivity contribution < 1.29 is 4.74 Å². The molecule has 1 atom stereocenters. The van der Waals surface area contributed by atoms with Crippen LogP contribution in [-0.2, 0) is 17.6 Å². The summed E-state index contributed by atoms with van der Waals surface area (Å²) >= 11 is 1.54. The Morgan fingerprint density at radius 1 is 1.50 bits per heavy atom. The van der Waals surface area contributed by atoms with Gasteiger partial charge in [-0.25, -0.2) is 0 Å². The van der Waals surface area contributed by atoms with Crippen molar-refractivity contribution in [1.82, 2.24) is 19.8 Å². The Bertz CT molecular complexity index is 461. The quantitative estimate of drug-likeness (QED) is 0.812. The third kappa shape index (κ3) is 2.06. The summed E-state index contributed by atoms with van der Waals surface area (Å²) in [5.74, 6) is 0.888. The molecule has 0 spiro atoms. The van der Waals surface area contributed by atoms with E-state index >= 15 is 0 Å². The molecule has 2 rings (SSSR count). The van der Waals surface area contributed by atoms with Crippen LogP contribution >= 0.6 is 11.3 Å². The van der Waals surface area contributed by atoms with Crippen molar-refractivity contribution in [2.45, 2.75) is 25.9 Å². The number of ether oxygens (including phenoxy) is 1. The molecule has 0 saturated heterocycles. The van der Waals surface area contributed by atoms with Gasteiger partial charge in [-0.15, -0.1) is 10.2 Å². The minimum Gasteiger partial charge on any atom is -0.380 e. The van der Waals surface area contributed by atoms with Crippen LogP contribution in [0.25, 0.3) is 4.96 Å². The lowest BCUT2D eigenvalue weighted by Gasteiger charge is -2.09. The monoisotopic (exact) mass is 241 g/mol. The van der Waals surface area contributed by atoms with Gasteiger partial charge in [0.25, 0.3) is 0 Å². The lowest BCUT2D eigenvalue weighted by Crippen LogP contribution is -2.24. The van der Waals surface area contributed by atoms with Gasteiger partial charge in [0.05, 0.1) is 6.10 Å². The van der Waals surface area contributed by atoms with Crippen LogP contribution in [-0.4, -0.2) is 39.6 Å². The number of rotatable bonds is 5. The molecular weight excluding hydrogens is 226 g/mol. The van der Waals surface area contributed by atoms with Crippen LogP contribution in [0.4, 0.5) is 0 Å². The minimum absolute atomic E-state index is 0.0221. The first kappa shape index (κ1) is 11.4. The summed E-state index contributed by atoms with van der Waals surface area (Å²) in [7, 11) is 1.66. The summed E-state index contributed by atoms with van der Waals surface area (Å²) in [5, 5.41) is 13.5. The van der Waals surface area contributed by atoms with Crippen molar-refractivity contribution in [3.63, 3.8) is 0 Å². The smallest absolute Gasteiger partial charge is 0.234 e. The molecule has 0 aliphatic carbocycles. The first-order valence-electron chi connectivity index (χ1n) is 5.21. The summed E-state index contributed by atoms with van der Waals surface area (Å²) in [6, 6.07) is 0. The normalized spacial score (nSPS) is 13.4. The third-order valence-corrected chi connectivity index (χ3v) is 3.33. The number of aromatic nitrogens is 4. The van der Waals surface area contributed by atoms with Crippen LogP contribution in [0.5, 0.6) is 0 Å². The van der Waals surface area contributed by atoms with Crippen LogP contribution in [0.15, 0.2) is 0 Å². The maximum absolute atomic E-state index is 5.57. The predicted molar refractivity (Wildman–Crippen MR) is 61.6 cm³/mol. The van der Waals surface area contributed by atoms with Gasteiger partial charge in [-0.1, -0.05) is 18.3 Å². The molecule has 2 N–H and O–H groups in total. The number of hydrogen-bond acceptors (Lipinski definition) is 6. The molecule has 0 saturated carbocycles. The number of nitrogens with zero attached hydrogens (tertiary/aromatic N) is 4. The molecule has 2 heterocycles. The minimum atomic E-state index is 0.0221. The SMILES string of the molecule is CCc1nnc2sc(CC(CN)OC)nn12. The second-order valence-corrected chi connectivity index (χ2v) is 4.50. The van der Waals surface area contributed by atoms with Crippen LogP contribution in [0.1, 0.15) is 17.8 Å². The molecule has 6 nitrogen and oxygen atoms in total. The Balaban J connectivity index is 2.22. The molecule has 0 amide bonds. The predicted octanol–water partition coefficient (Wildman–Crippen LogP) is 0.264. The molecule has 0 aliphatic heterocycles. The number of nitrogens with two attached hydrogens (primary N) is 1. The highest BCUT2D eigenvalue weighted by atomic mass is 32.1. The van der Waals surface area contributed by atoms with E-state index in [0.717, 1.165) is 28.6 Å². The highest BCUT2D eigenvalue weighted by Gasteiger charge is 2.13. The van der Waals surface area contributed by atoms with E-state index in [9.17, 15) is 0 Å². The van der Waals surface area contributed by atoms with Gasteiger partial charge >= 0.3 is 0 Å². The van der Waals surface area contributed by atoms with Crippen LogP contribution in [0.2, 0.25) is 0 Å². The molecule has 0 fully saturated rings. The molecule has 0 aromatic carbocycles. The highest BCUT2D eigenvalue weighted by molar-refractivity contribution is 7.16. The van der Waals surface area contributed by atoms with E-state index in [1.807, 2.05) is 6.92 Å². The third-order valence-electron chi connectivity index (χ3n) is 2.41. The number of aryl methyl sites for hydroxylation is 1. The van der Waals surface area contributed by atoms with Gasteiger partial charge in [0.1, 0.15) is 5.01 Å². The molecule has 2 aromatic heterocycles. The van der Waals surface area contributed by atoms with Crippen LogP contribution in [0, 0.1) is 0 Å².